The van der Waals surface area contributed by atoms with Gasteiger partial charge in [-0.3, -0.25) is 4.79 Å². The number of furan rings is 1. The summed E-state index contributed by atoms with van der Waals surface area (Å²) >= 11 is 0. The molecule has 1 amide bonds. The normalized spacial score (nSPS) is 17.1. The predicted molar refractivity (Wildman–Crippen MR) is 102 cm³/mol. The topological polar surface area (TPSA) is 81.7 Å². The van der Waals surface area contributed by atoms with Gasteiger partial charge in [-0.15, -0.1) is 0 Å². The first kappa shape index (κ1) is 17.8. The van der Waals surface area contributed by atoms with E-state index in [0.29, 0.717) is 23.3 Å². The summed E-state index contributed by atoms with van der Waals surface area (Å²) in [5.41, 5.74) is 2.92. The number of aryl methyl sites for hydroxylation is 3. The second kappa shape index (κ2) is 6.85. The van der Waals surface area contributed by atoms with Gasteiger partial charge in [0, 0.05) is 30.0 Å². The van der Waals surface area contributed by atoms with Crippen LogP contribution in [-0.2, 0) is 16.0 Å². The van der Waals surface area contributed by atoms with Crippen LogP contribution in [0.25, 0.3) is 21.9 Å². The smallest absolute Gasteiger partial charge is 0.340 e. The summed E-state index contributed by atoms with van der Waals surface area (Å²) in [5, 5.41) is 4.68. The van der Waals surface area contributed by atoms with Crippen molar-refractivity contribution in [2.75, 3.05) is 13.2 Å². The lowest BCUT2D eigenvalue weighted by Crippen LogP contribution is -2.34. The molecule has 0 aliphatic carbocycles. The highest BCUT2D eigenvalue weighted by molar-refractivity contribution is 5.97. The fourth-order valence-corrected chi connectivity index (χ4v) is 3.69. The highest BCUT2D eigenvalue weighted by atomic mass is 16.5. The van der Waals surface area contributed by atoms with E-state index in [0.717, 1.165) is 47.1 Å². The molecule has 1 atom stereocenters. The van der Waals surface area contributed by atoms with Gasteiger partial charge in [0.15, 0.2) is 0 Å². The molecule has 3 aromatic rings. The molecule has 6 nitrogen and oxygen atoms in total. The van der Waals surface area contributed by atoms with Crippen molar-refractivity contribution in [1.82, 2.24) is 5.32 Å². The first-order valence-corrected chi connectivity index (χ1v) is 9.28. The Morgan fingerprint density at radius 1 is 1.11 bits per heavy atom. The van der Waals surface area contributed by atoms with Gasteiger partial charge in [0.05, 0.1) is 18.1 Å². The number of hydrogen-bond donors (Lipinski definition) is 1. The molecule has 1 aliphatic heterocycles. The van der Waals surface area contributed by atoms with Crippen molar-refractivity contribution in [3.63, 3.8) is 0 Å². The Morgan fingerprint density at radius 2 is 1.85 bits per heavy atom. The van der Waals surface area contributed by atoms with Crippen LogP contribution in [0.1, 0.15) is 35.3 Å². The van der Waals surface area contributed by atoms with Gasteiger partial charge in [-0.2, -0.15) is 0 Å². The summed E-state index contributed by atoms with van der Waals surface area (Å²) < 4.78 is 16.7. The summed E-state index contributed by atoms with van der Waals surface area (Å²) in [6.07, 6.45) is 2.05. The van der Waals surface area contributed by atoms with Crippen LogP contribution >= 0.6 is 0 Å². The van der Waals surface area contributed by atoms with E-state index in [4.69, 9.17) is 13.6 Å². The average molecular weight is 369 g/mol. The van der Waals surface area contributed by atoms with E-state index in [9.17, 15) is 9.59 Å². The van der Waals surface area contributed by atoms with Crippen LogP contribution in [0.5, 0.6) is 0 Å². The lowest BCUT2D eigenvalue weighted by molar-refractivity contribution is -0.121. The molecule has 1 aliphatic rings. The third kappa shape index (κ3) is 3.25. The van der Waals surface area contributed by atoms with Crippen molar-refractivity contribution >= 4 is 27.8 Å². The summed E-state index contributed by atoms with van der Waals surface area (Å²) in [4.78, 5) is 24.8. The molecule has 1 fully saturated rings. The van der Waals surface area contributed by atoms with Crippen molar-refractivity contribution in [1.29, 1.82) is 0 Å². The molecule has 0 saturated carbocycles. The Labute approximate surface area is 156 Å². The van der Waals surface area contributed by atoms with E-state index in [1.165, 1.54) is 0 Å². The maximum atomic E-state index is 12.5. The van der Waals surface area contributed by atoms with E-state index >= 15 is 0 Å². The number of ether oxygens (including phenoxy) is 1. The maximum Gasteiger partial charge on any atom is 0.340 e. The van der Waals surface area contributed by atoms with Gasteiger partial charge in [0.25, 0.3) is 0 Å². The molecule has 1 N–H and O–H groups in total. The summed E-state index contributed by atoms with van der Waals surface area (Å²) in [6, 6.07) is 3.73. The van der Waals surface area contributed by atoms with Crippen LogP contribution in [0.15, 0.2) is 25.8 Å². The zero-order valence-corrected chi connectivity index (χ0v) is 15.8. The number of carbonyl (C=O) groups excluding carboxylic acids is 1. The van der Waals surface area contributed by atoms with Crippen molar-refractivity contribution < 1.29 is 18.4 Å². The standard InChI is InChI=1S/C21H23NO5/c1-11-13(3)26-18-9-19-16(7-15(11)18)12(2)17(21(24)27-19)8-20(23)22-10-14-5-4-6-25-14/h7,9,14H,4-6,8,10H2,1-3H3,(H,22,23)/t14-/m1/s1. The first-order valence-electron chi connectivity index (χ1n) is 9.28. The monoisotopic (exact) mass is 369 g/mol. The Kier molecular flexibility index (Phi) is 4.52. The van der Waals surface area contributed by atoms with Crippen molar-refractivity contribution in [2.24, 2.45) is 0 Å². The number of hydrogen-bond acceptors (Lipinski definition) is 5. The molecular weight excluding hydrogens is 346 g/mol. The van der Waals surface area contributed by atoms with E-state index in [2.05, 4.69) is 5.32 Å². The number of rotatable bonds is 4. The van der Waals surface area contributed by atoms with Crippen LogP contribution in [-0.4, -0.2) is 25.2 Å². The molecular formula is C21H23NO5. The number of benzene rings is 1. The van der Waals surface area contributed by atoms with Crippen LogP contribution in [0, 0.1) is 20.8 Å². The van der Waals surface area contributed by atoms with Gasteiger partial charge < -0.3 is 18.9 Å². The Bertz CT molecular complexity index is 1090. The first-order chi connectivity index (χ1) is 12.9. The second-order valence-corrected chi connectivity index (χ2v) is 7.24. The van der Waals surface area contributed by atoms with Gasteiger partial charge in [-0.25, -0.2) is 4.79 Å². The molecule has 2 aromatic heterocycles. The third-order valence-corrected chi connectivity index (χ3v) is 5.47. The predicted octanol–water partition coefficient (Wildman–Crippen LogP) is 3.30. The van der Waals surface area contributed by atoms with Crippen LogP contribution in [0.4, 0.5) is 0 Å². The lowest BCUT2D eigenvalue weighted by Gasteiger charge is -2.12. The minimum Gasteiger partial charge on any atom is -0.461 e. The minimum atomic E-state index is -0.480. The fraction of sp³-hybridized carbons (Fsp3) is 0.429. The maximum absolute atomic E-state index is 12.5. The van der Waals surface area contributed by atoms with E-state index in [1.54, 1.807) is 6.07 Å². The Morgan fingerprint density at radius 3 is 2.59 bits per heavy atom. The SMILES string of the molecule is Cc1oc2cc3oc(=O)c(CC(=O)NC[C@H]4CCCO4)c(C)c3cc2c1C. The van der Waals surface area contributed by atoms with Gasteiger partial charge in [0.2, 0.25) is 5.91 Å². The molecule has 3 heterocycles. The minimum absolute atomic E-state index is 0.00173. The van der Waals surface area contributed by atoms with Crippen molar-refractivity contribution in [2.45, 2.75) is 46.1 Å². The molecule has 0 unspecified atom stereocenters. The largest absolute Gasteiger partial charge is 0.461 e. The summed E-state index contributed by atoms with van der Waals surface area (Å²) in [7, 11) is 0. The van der Waals surface area contributed by atoms with Gasteiger partial charge >= 0.3 is 5.63 Å². The van der Waals surface area contributed by atoms with Crippen LogP contribution in [0.3, 0.4) is 0 Å². The van der Waals surface area contributed by atoms with Gasteiger partial charge in [-0.05, 0) is 50.8 Å². The lowest BCUT2D eigenvalue weighted by atomic mass is 10.0. The van der Waals surface area contributed by atoms with E-state index < -0.39 is 5.63 Å². The Hall–Kier alpha value is -2.60. The zero-order chi connectivity index (χ0) is 19.1. The second-order valence-electron chi connectivity index (χ2n) is 7.24. The zero-order valence-electron chi connectivity index (χ0n) is 15.8. The molecule has 0 radical (unpaired) electrons. The average Bonchev–Trinajstić information content (AvgIpc) is 3.24. The third-order valence-electron chi connectivity index (χ3n) is 5.47. The van der Waals surface area contributed by atoms with E-state index in [1.807, 2.05) is 26.8 Å². The summed E-state index contributed by atoms with van der Waals surface area (Å²) in [5.74, 6) is 0.644. The van der Waals surface area contributed by atoms with Crippen molar-refractivity contribution in [3.05, 3.63) is 45.0 Å². The quantitative estimate of drug-likeness (QED) is 0.714. The van der Waals surface area contributed by atoms with Crippen LogP contribution in [0.2, 0.25) is 0 Å². The Balaban J connectivity index is 1.65. The van der Waals surface area contributed by atoms with E-state index in [-0.39, 0.29) is 18.4 Å². The highest BCUT2D eigenvalue weighted by Gasteiger charge is 2.19. The molecule has 142 valence electrons. The fourth-order valence-electron chi connectivity index (χ4n) is 3.69. The molecule has 27 heavy (non-hydrogen) atoms. The molecule has 1 saturated heterocycles. The number of fused-ring (bicyclic) bond motifs is 2. The number of carbonyl (C=O) groups is 1. The van der Waals surface area contributed by atoms with Crippen LogP contribution < -0.4 is 10.9 Å². The van der Waals surface area contributed by atoms with Crippen molar-refractivity contribution in [3.8, 4) is 0 Å². The molecule has 1 aromatic carbocycles. The van der Waals surface area contributed by atoms with Gasteiger partial charge in [0.1, 0.15) is 16.9 Å². The molecule has 0 bridgehead atoms. The molecule has 4 rings (SSSR count). The van der Waals surface area contributed by atoms with Gasteiger partial charge in [-0.1, -0.05) is 0 Å². The highest BCUT2D eigenvalue weighted by Crippen LogP contribution is 2.30. The number of nitrogens with one attached hydrogen (secondary N) is 1. The summed E-state index contributed by atoms with van der Waals surface area (Å²) in [6.45, 7) is 6.99. The number of amides is 1. The molecule has 6 heteroatoms. The molecule has 0 spiro atoms.